The van der Waals surface area contributed by atoms with Crippen LogP contribution in [0, 0.1) is 5.95 Å². The van der Waals surface area contributed by atoms with Gasteiger partial charge in [-0.15, -0.1) is 0 Å². The number of alkyl halides is 3. The summed E-state index contributed by atoms with van der Waals surface area (Å²) in [4.78, 5) is 6.56. The van der Waals surface area contributed by atoms with E-state index in [2.05, 4.69) is 14.7 Å². The summed E-state index contributed by atoms with van der Waals surface area (Å²) < 4.78 is 60.6. The Labute approximate surface area is 109 Å². The number of nitrogens with zero attached hydrogens (tertiary/aromatic N) is 2. The first kappa shape index (κ1) is 13.6. The van der Waals surface area contributed by atoms with Crippen LogP contribution in [0.4, 0.5) is 17.6 Å². The molecule has 0 unspecified atom stereocenters. The van der Waals surface area contributed by atoms with Gasteiger partial charge in [0, 0.05) is 0 Å². The zero-order valence-electron chi connectivity index (χ0n) is 9.26. The molecule has 9 heteroatoms. The predicted octanol–water partition coefficient (Wildman–Crippen LogP) is 3.56. The third kappa shape index (κ3) is 2.62. The molecule has 0 saturated carbocycles. The van der Waals surface area contributed by atoms with Gasteiger partial charge in [0.05, 0.1) is 7.11 Å². The molecular weight excluding hydrogens is 292 g/mol. The van der Waals surface area contributed by atoms with Crippen molar-refractivity contribution in [1.82, 2.24) is 9.97 Å². The molecule has 4 nitrogen and oxygen atoms in total. The zero-order valence-corrected chi connectivity index (χ0v) is 10.0. The Balaban J connectivity index is 2.60. The second kappa shape index (κ2) is 4.69. The minimum atomic E-state index is -4.96. The molecule has 2 heterocycles. The Kier molecular flexibility index (Phi) is 3.36. The average Bonchev–Trinajstić information content (AvgIpc) is 2.73. The van der Waals surface area contributed by atoms with Gasteiger partial charge in [0.15, 0.2) is 16.5 Å². The lowest BCUT2D eigenvalue weighted by atomic mass is 10.3. The van der Waals surface area contributed by atoms with Gasteiger partial charge in [-0.05, 0) is 23.7 Å². The first-order chi connectivity index (χ1) is 8.82. The van der Waals surface area contributed by atoms with Gasteiger partial charge in [0.25, 0.3) is 0 Å². The largest absolute Gasteiger partial charge is 0.480 e. The van der Waals surface area contributed by atoms with Gasteiger partial charge >= 0.3 is 6.18 Å². The van der Waals surface area contributed by atoms with E-state index in [9.17, 15) is 17.6 Å². The molecule has 0 radical (unpaired) electrons. The van der Waals surface area contributed by atoms with E-state index < -0.39 is 29.4 Å². The first-order valence-electron chi connectivity index (χ1n) is 4.77. The highest BCUT2D eigenvalue weighted by molar-refractivity contribution is 6.28. The summed E-state index contributed by atoms with van der Waals surface area (Å²) in [6.45, 7) is 0. The molecule has 2 aromatic rings. The average molecular weight is 297 g/mol. The Morgan fingerprint density at radius 2 is 1.95 bits per heavy atom. The fourth-order valence-corrected chi connectivity index (χ4v) is 1.49. The van der Waals surface area contributed by atoms with Crippen molar-refractivity contribution in [2.75, 3.05) is 7.11 Å². The highest BCUT2D eigenvalue weighted by Crippen LogP contribution is 2.37. The van der Waals surface area contributed by atoms with Crippen molar-refractivity contribution in [1.29, 1.82) is 0 Å². The Morgan fingerprint density at radius 1 is 1.26 bits per heavy atom. The van der Waals surface area contributed by atoms with Gasteiger partial charge in [-0.3, -0.25) is 0 Å². The fourth-order valence-electron chi connectivity index (χ4n) is 1.34. The number of methoxy groups -OCH3 is 1. The topological polar surface area (TPSA) is 48.2 Å². The fraction of sp³-hybridized carbons (Fsp3) is 0.200. The molecule has 0 spiro atoms. The zero-order chi connectivity index (χ0) is 14.2. The van der Waals surface area contributed by atoms with Crippen LogP contribution in [0.15, 0.2) is 16.5 Å². The maximum atomic E-state index is 13.5. The van der Waals surface area contributed by atoms with Crippen LogP contribution in [0.5, 0.6) is 5.88 Å². The van der Waals surface area contributed by atoms with Gasteiger partial charge in [0.2, 0.25) is 17.7 Å². The van der Waals surface area contributed by atoms with E-state index in [0.29, 0.717) is 0 Å². The SMILES string of the molecule is COc1nc(-c2ccc(Cl)o2)nc(F)c1C(F)(F)F. The maximum absolute atomic E-state index is 13.5. The highest BCUT2D eigenvalue weighted by atomic mass is 35.5. The van der Waals surface area contributed by atoms with Crippen molar-refractivity contribution in [2.45, 2.75) is 6.18 Å². The van der Waals surface area contributed by atoms with Crippen LogP contribution in [0.1, 0.15) is 5.56 Å². The van der Waals surface area contributed by atoms with E-state index in [0.717, 1.165) is 7.11 Å². The summed E-state index contributed by atoms with van der Waals surface area (Å²) in [5, 5.41) is -0.0297. The minimum Gasteiger partial charge on any atom is -0.480 e. The maximum Gasteiger partial charge on any atom is 0.426 e. The van der Waals surface area contributed by atoms with Crippen LogP contribution in [0.25, 0.3) is 11.6 Å². The number of hydrogen-bond donors (Lipinski definition) is 0. The summed E-state index contributed by atoms with van der Waals surface area (Å²) in [5.74, 6) is -3.14. The first-order valence-corrected chi connectivity index (χ1v) is 5.15. The number of hydrogen-bond acceptors (Lipinski definition) is 4. The van der Waals surface area contributed by atoms with Crippen molar-refractivity contribution < 1.29 is 26.7 Å². The van der Waals surface area contributed by atoms with Crippen LogP contribution < -0.4 is 4.74 Å². The van der Waals surface area contributed by atoms with Crippen LogP contribution >= 0.6 is 11.6 Å². The Bertz CT molecular complexity index is 612. The molecular formula is C10H5ClF4N2O2. The number of rotatable bonds is 2. The lowest BCUT2D eigenvalue weighted by Crippen LogP contribution is -2.14. The van der Waals surface area contributed by atoms with Gasteiger partial charge in [-0.25, -0.2) is 0 Å². The molecule has 0 saturated heterocycles. The summed E-state index contributed by atoms with van der Waals surface area (Å²) in [6, 6.07) is 2.62. The number of halogens is 5. The molecule has 2 rings (SSSR count). The second-order valence-electron chi connectivity index (χ2n) is 3.32. The quantitative estimate of drug-likeness (QED) is 0.628. The van der Waals surface area contributed by atoms with Crippen molar-refractivity contribution >= 4 is 11.6 Å². The van der Waals surface area contributed by atoms with E-state index >= 15 is 0 Å². The van der Waals surface area contributed by atoms with E-state index in [-0.39, 0.29) is 11.0 Å². The Morgan fingerprint density at radius 3 is 2.42 bits per heavy atom. The molecule has 0 aromatic carbocycles. The predicted molar refractivity (Wildman–Crippen MR) is 56.3 cm³/mol. The third-order valence-corrected chi connectivity index (χ3v) is 2.31. The lowest BCUT2D eigenvalue weighted by Gasteiger charge is -2.11. The normalized spacial score (nSPS) is 11.7. The monoisotopic (exact) mass is 296 g/mol. The van der Waals surface area contributed by atoms with Crippen LogP contribution in [0.3, 0.4) is 0 Å². The summed E-state index contributed by atoms with van der Waals surface area (Å²) in [5.41, 5.74) is -1.67. The van der Waals surface area contributed by atoms with Gasteiger partial charge < -0.3 is 9.15 Å². The van der Waals surface area contributed by atoms with E-state index in [1.54, 1.807) is 0 Å². The number of aromatic nitrogens is 2. The number of furan rings is 1. The molecule has 19 heavy (non-hydrogen) atoms. The van der Waals surface area contributed by atoms with Crippen molar-refractivity contribution in [3.8, 4) is 17.5 Å². The highest BCUT2D eigenvalue weighted by Gasteiger charge is 2.40. The molecule has 0 amide bonds. The lowest BCUT2D eigenvalue weighted by molar-refractivity contribution is -0.142. The van der Waals surface area contributed by atoms with Crippen LogP contribution in [0.2, 0.25) is 5.22 Å². The standard InChI is InChI=1S/C10H5ClF4N2O2/c1-18-9-6(10(13,14)15)7(12)16-8(17-9)4-2-3-5(11)19-4/h2-3H,1H3. The van der Waals surface area contributed by atoms with E-state index in [4.69, 9.17) is 16.0 Å². The van der Waals surface area contributed by atoms with E-state index in [1.807, 2.05) is 0 Å². The second-order valence-corrected chi connectivity index (χ2v) is 3.70. The molecule has 0 aliphatic rings. The van der Waals surface area contributed by atoms with Crippen LogP contribution in [-0.4, -0.2) is 17.1 Å². The smallest absolute Gasteiger partial charge is 0.426 e. The molecule has 0 aliphatic carbocycles. The minimum absolute atomic E-state index is 0.0297. The summed E-state index contributed by atoms with van der Waals surface area (Å²) in [7, 11) is 0.940. The third-order valence-electron chi connectivity index (χ3n) is 2.10. The van der Waals surface area contributed by atoms with Gasteiger partial charge in [-0.1, -0.05) is 0 Å². The molecule has 0 bridgehead atoms. The molecule has 2 aromatic heterocycles. The molecule has 0 N–H and O–H groups in total. The molecule has 102 valence electrons. The molecule has 0 atom stereocenters. The van der Waals surface area contributed by atoms with Crippen molar-refractivity contribution in [2.24, 2.45) is 0 Å². The van der Waals surface area contributed by atoms with Gasteiger partial charge in [0.1, 0.15) is 0 Å². The summed E-state index contributed by atoms with van der Waals surface area (Å²) >= 11 is 5.50. The molecule has 0 aliphatic heterocycles. The Hall–Kier alpha value is -1.83. The van der Waals surface area contributed by atoms with Gasteiger partial charge in [-0.2, -0.15) is 27.5 Å². The summed E-state index contributed by atoms with van der Waals surface area (Å²) in [6.07, 6.45) is -4.96. The molecule has 0 fully saturated rings. The van der Waals surface area contributed by atoms with E-state index in [1.165, 1.54) is 12.1 Å². The van der Waals surface area contributed by atoms with Crippen LogP contribution in [-0.2, 0) is 6.18 Å². The van der Waals surface area contributed by atoms with Crippen molar-refractivity contribution in [3.05, 3.63) is 28.9 Å². The number of ether oxygens (including phenoxy) is 1. The van der Waals surface area contributed by atoms with Crippen molar-refractivity contribution in [3.63, 3.8) is 0 Å².